The first kappa shape index (κ1) is 20.2. The molecule has 0 aromatic heterocycles. The highest BCUT2D eigenvalue weighted by molar-refractivity contribution is 7.92. The van der Waals surface area contributed by atoms with E-state index < -0.39 is 10.0 Å². The third kappa shape index (κ3) is 5.04. The van der Waals surface area contributed by atoms with E-state index in [0.717, 1.165) is 12.8 Å². The van der Waals surface area contributed by atoms with Crippen molar-refractivity contribution in [2.45, 2.75) is 43.9 Å². The molecule has 1 aliphatic rings. The van der Waals surface area contributed by atoms with E-state index in [1.807, 2.05) is 0 Å². The van der Waals surface area contributed by atoms with E-state index in [1.165, 1.54) is 18.9 Å². The number of ether oxygens (including phenoxy) is 1. The van der Waals surface area contributed by atoms with Gasteiger partial charge in [-0.25, -0.2) is 8.42 Å². The van der Waals surface area contributed by atoms with Crippen LogP contribution in [0.25, 0.3) is 0 Å². The molecule has 1 aliphatic carbocycles. The number of hydrogen-bond acceptors (Lipinski definition) is 4. The van der Waals surface area contributed by atoms with Crippen LogP contribution in [0.2, 0.25) is 0 Å². The van der Waals surface area contributed by atoms with Crippen LogP contribution in [0, 0.1) is 12.8 Å². The number of anilines is 2. The Labute approximate surface area is 166 Å². The van der Waals surface area contributed by atoms with E-state index in [-0.39, 0.29) is 10.8 Å². The maximum absolute atomic E-state index is 12.8. The smallest absolute Gasteiger partial charge is 0.262 e. The molecule has 2 aromatic carbocycles. The molecule has 6 nitrogen and oxygen atoms in total. The minimum Gasteiger partial charge on any atom is -0.497 e. The lowest BCUT2D eigenvalue weighted by atomic mass is 10.0. The van der Waals surface area contributed by atoms with E-state index in [9.17, 15) is 13.2 Å². The van der Waals surface area contributed by atoms with Crippen molar-refractivity contribution in [2.75, 3.05) is 17.1 Å². The fourth-order valence-corrected chi connectivity index (χ4v) is 4.86. The summed E-state index contributed by atoms with van der Waals surface area (Å²) in [4.78, 5) is 12.4. The normalized spacial score (nSPS) is 14.6. The number of hydrogen-bond donors (Lipinski definition) is 2. The molecule has 0 bridgehead atoms. The van der Waals surface area contributed by atoms with Gasteiger partial charge >= 0.3 is 0 Å². The molecular weight excluding hydrogens is 376 g/mol. The number of benzene rings is 2. The SMILES string of the molecule is COc1ccc(NS(=O)(=O)c2cc(NC(=O)CC3CCCC3)ccc2C)cc1. The predicted molar refractivity (Wildman–Crippen MR) is 110 cm³/mol. The third-order valence-corrected chi connectivity index (χ3v) is 6.58. The lowest BCUT2D eigenvalue weighted by molar-refractivity contribution is -0.117. The van der Waals surface area contributed by atoms with Gasteiger partial charge in [-0.15, -0.1) is 0 Å². The number of nitrogens with one attached hydrogen (secondary N) is 2. The standard InChI is InChI=1S/C21H26N2O4S/c1-15-7-8-18(22-21(24)13-16-5-3-4-6-16)14-20(15)28(25,26)23-17-9-11-19(27-2)12-10-17/h7-12,14,16,23H,3-6,13H2,1-2H3,(H,22,24). The average Bonchev–Trinajstić information content (AvgIpc) is 3.16. The molecule has 0 unspecified atom stereocenters. The second-order valence-corrected chi connectivity index (χ2v) is 8.87. The summed E-state index contributed by atoms with van der Waals surface area (Å²) in [6.07, 6.45) is 5.03. The average molecular weight is 403 g/mol. The van der Waals surface area contributed by atoms with Crippen molar-refractivity contribution >= 4 is 27.3 Å². The minimum absolute atomic E-state index is 0.0674. The number of carbonyl (C=O) groups is 1. The quantitative estimate of drug-likeness (QED) is 0.722. The van der Waals surface area contributed by atoms with Gasteiger partial charge in [0.25, 0.3) is 10.0 Å². The van der Waals surface area contributed by atoms with Gasteiger partial charge in [0.15, 0.2) is 0 Å². The number of carbonyl (C=O) groups excluding carboxylic acids is 1. The van der Waals surface area contributed by atoms with Crippen molar-refractivity contribution in [1.29, 1.82) is 0 Å². The van der Waals surface area contributed by atoms with E-state index in [2.05, 4.69) is 10.0 Å². The molecule has 28 heavy (non-hydrogen) atoms. The highest BCUT2D eigenvalue weighted by Gasteiger charge is 2.20. The first-order chi connectivity index (χ1) is 13.4. The maximum atomic E-state index is 12.8. The highest BCUT2D eigenvalue weighted by Crippen LogP contribution is 2.28. The van der Waals surface area contributed by atoms with Crippen LogP contribution >= 0.6 is 0 Å². The van der Waals surface area contributed by atoms with Crippen molar-refractivity contribution in [3.8, 4) is 5.75 Å². The molecule has 0 saturated heterocycles. The zero-order chi connectivity index (χ0) is 20.1. The third-order valence-electron chi connectivity index (χ3n) is 5.05. The second-order valence-electron chi connectivity index (χ2n) is 7.22. The van der Waals surface area contributed by atoms with E-state index in [4.69, 9.17) is 4.74 Å². The van der Waals surface area contributed by atoms with E-state index in [1.54, 1.807) is 50.4 Å². The van der Waals surface area contributed by atoms with Crippen LogP contribution in [0.5, 0.6) is 5.75 Å². The van der Waals surface area contributed by atoms with Crippen LogP contribution in [-0.4, -0.2) is 21.4 Å². The summed E-state index contributed by atoms with van der Waals surface area (Å²) in [6, 6.07) is 11.6. The van der Waals surface area contributed by atoms with Crippen molar-refractivity contribution < 1.29 is 17.9 Å². The molecule has 3 rings (SSSR count). The Bertz CT molecular complexity index is 933. The van der Waals surface area contributed by atoms with E-state index >= 15 is 0 Å². The van der Waals surface area contributed by atoms with Gasteiger partial charge in [0.2, 0.25) is 5.91 Å². The molecule has 0 heterocycles. The summed E-state index contributed by atoms with van der Waals surface area (Å²) in [5.41, 5.74) is 1.54. The van der Waals surface area contributed by atoms with Crippen LogP contribution in [0.3, 0.4) is 0 Å². The summed E-state index contributed by atoms with van der Waals surface area (Å²) >= 11 is 0. The zero-order valence-electron chi connectivity index (χ0n) is 16.2. The molecule has 0 aliphatic heterocycles. The van der Waals surface area contributed by atoms with Gasteiger partial charge in [0.1, 0.15) is 5.75 Å². The van der Waals surface area contributed by atoms with Gasteiger partial charge in [-0.1, -0.05) is 18.9 Å². The number of sulfonamides is 1. The predicted octanol–water partition coefficient (Wildman–Crippen LogP) is 4.32. The minimum atomic E-state index is -3.79. The van der Waals surface area contributed by atoms with Crippen LogP contribution in [0.15, 0.2) is 47.4 Å². The molecule has 1 fully saturated rings. The molecule has 0 radical (unpaired) electrons. The van der Waals surface area contributed by atoms with Crippen LogP contribution in [0.4, 0.5) is 11.4 Å². The molecule has 0 atom stereocenters. The number of amides is 1. The Morgan fingerprint density at radius 2 is 1.71 bits per heavy atom. The van der Waals surface area contributed by atoms with Crippen molar-refractivity contribution in [2.24, 2.45) is 5.92 Å². The molecular formula is C21H26N2O4S. The Morgan fingerprint density at radius 3 is 2.36 bits per heavy atom. The Morgan fingerprint density at radius 1 is 1.07 bits per heavy atom. The lowest BCUT2D eigenvalue weighted by Gasteiger charge is -2.14. The molecule has 7 heteroatoms. The molecule has 2 aromatic rings. The summed E-state index contributed by atoms with van der Waals surface area (Å²) < 4.78 is 33.3. The Balaban J connectivity index is 1.74. The Kier molecular flexibility index (Phi) is 6.24. The second kappa shape index (κ2) is 8.65. The maximum Gasteiger partial charge on any atom is 0.262 e. The van der Waals surface area contributed by atoms with Crippen LogP contribution in [0.1, 0.15) is 37.7 Å². The largest absolute Gasteiger partial charge is 0.497 e. The molecule has 1 saturated carbocycles. The fraction of sp³-hybridized carbons (Fsp3) is 0.381. The lowest BCUT2D eigenvalue weighted by Crippen LogP contribution is -2.17. The molecule has 1 amide bonds. The van der Waals surface area contributed by atoms with Gasteiger partial charge in [-0.2, -0.15) is 0 Å². The monoisotopic (exact) mass is 402 g/mol. The van der Waals surface area contributed by atoms with Gasteiger partial charge in [-0.05, 0) is 67.6 Å². The number of aryl methyl sites for hydroxylation is 1. The van der Waals surface area contributed by atoms with Gasteiger partial charge in [0, 0.05) is 17.8 Å². The highest BCUT2D eigenvalue weighted by atomic mass is 32.2. The van der Waals surface area contributed by atoms with Gasteiger partial charge in [-0.3, -0.25) is 9.52 Å². The first-order valence-corrected chi connectivity index (χ1v) is 10.9. The zero-order valence-corrected chi connectivity index (χ0v) is 17.0. The van der Waals surface area contributed by atoms with Gasteiger partial charge in [0.05, 0.1) is 12.0 Å². The molecule has 0 spiro atoms. The van der Waals surface area contributed by atoms with Crippen LogP contribution < -0.4 is 14.8 Å². The summed E-state index contributed by atoms with van der Waals surface area (Å²) in [5.74, 6) is 1.01. The molecule has 150 valence electrons. The topological polar surface area (TPSA) is 84.5 Å². The number of rotatable bonds is 7. The fourth-order valence-electron chi connectivity index (χ4n) is 3.53. The van der Waals surface area contributed by atoms with E-state index in [0.29, 0.717) is 35.0 Å². The Hall–Kier alpha value is -2.54. The van der Waals surface area contributed by atoms with Crippen molar-refractivity contribution in [3.63, 3.8) is 0 Å². The van der Waals surface area contributed by atoms with Crippen LogP contribution in [-0.2, 0) is 14.8 Å². The molecule has 2 N–H and O–H groups in total. The summed E-state index contributed by atoms with van der Waals surface area (Å²) in [6.45, 7) is 1.73. The summed E-state index contributed by atoms with van der Waals surface area (Å²) in [5, 5.41) is 2.84. The van der Waals surface area contributed by atoms with Crippen molar-refractivity contribution in [1.82, 2.24) is 0 Å². The summed E-state index contributed by atoms with van der Waals surface area (Å²) in [7, 11) is -2.24. The first-order valence-electron chi connectivity index (χ1n) is 9.45. The van der Waals surface area contributed by atoms with Gasteiger partial charge < -0.3 is 10.1 Å². The number of methoxy groups -OCH3 is 1. The van der Waals surface area contributed by atoms with Crippen molar-refractivity contribution in [3.05, 3.63) is 48.0 Å².